The molecule has 0 aromatic heterocycles. The van der Waals surface area contributed by atoms with Gasteiger partial charge in [0, 0.05) is 18.5 Å². The highest BCUT2D eigenvalue weighted by Gasteiger charge is 2.38. The Morgan fingerprint density at radius 2 is 1.93 bits per heavy atom. The minimum Gasteiger partial charge on any atom is -0.338 e. The molecule has 1 fully saturated rings. The summed E-state index contributed by atoms with van der Waals surface area (Å²) >= 11 is 0. The van der Waals surface area contributed by atoms with E-state index in [4.69, 9.17) is 0 Å². The van der Waals surface area contributed by atoms with Gasteiger partial charge in [0.2, 0.25) is 5.91 Å². The van der Waals surface area contributed by atoms with Crippen molar-refractivity contribution in [3.8, 4) is 0 Å². The maximum atomic E-state index is 12.0. The topological polar surface area (TPSA) is 20.3 Å². The van der Waals surface area contributed by atoms with Gasteiger partial charge in [-0.15, -0.1) is 0 Å². The van der Waals surface area contributed by atoms with Gasteiger partial charge in [-0.25, -0.2) is 0 Å². The molecule has 0 radical (unpaired) electrons. The van der Waals surface area contributed by atoms with Crippen LogP contribution in [0.3, 0.4) is 0 Å². The van der Waals surface area contributed by atoms with E-state index in [9.17, 15) is 4.79 Å². The molecule has 0 unspecified atom stereocenters. The highest BCUT2D eigenvalue weighted by Crippen LogP contribution is 2.31. The third-order valence-electron chi connectivity index (χ3n) is 3.09. The zero-order chi connectivity index (χ0) is 10.9. The number of nitrogens with zero attached hydrogens (tertiary/aromatic N) is 1. The quantitative estimate of drug-likeness (QED) is 0.723. The molecule has 1 saturated heterocycles. The molecule has 0 bridgehead atoms. The standard InChI is InChI=1S/C13H17NO/c1-13(2)8-9-14(12(13)15)10-11-6-4-3-5-7-11/h3-7H,8-10H2,1-2H3. The van der Waals surface area contributed by atoms with E-state index in [0.29, 0.717) is 0 Å². The summed E-state index contributed by atoms with van der Waals surface area (Å²) in [4.78, 5) is 13.9. The molecule has 0 atom stereocenters. The van der Waals surface area contributed by atoms with Crippen molar-refractivity contribution >= 4 is 5.91 Å². The first kappa shape index (κ1) is 10.2. The van der Waals surface area contributed by atoms with E-state index < -0.39 is 0 Å². The lowest BCUT2D eigenvalue weighted by molar-refractivity contribution is -0.135. The largest absolute Gasteiger partial charge is 0.338 e. The molecule has 0 N–H and O–H groups in total. The van der Waals surface area contributed by atoms with E-state index >= 15 is 0 Å². The predicted octanol–water partition coefficient (Wildman–Crippen LogP) is 2.45. The normalized spacial score (nSPS) is 19.6. The zero-order valence-electron chi connectivity index (χ0n) is 9.36. The summed E-state index contributed by atoms with van der Waals surface area (Å²) in [6, 6.07) is 10.2. The lowest BCUT2D eigenvalue weighted by Crippen LogP contribution is -2.30. The second-order valence-electron chi connectivity index (χ2n) is 4.85. The van der Waals surface area contributed by atoms with Crippen LogP contribution in [-0.4, -0.2) is 17.4 Å². The predicted molar refractivity (Wildman–Crippen MR) is 60.3 cm³/mol. The van der Waals surface area contributed by atoms with E-state index in [1.807, 2.05) is 36.9 Å². The van der Waals surface area contributed by atoms with E-state index in [-0.39, 0.29) is 11.3 Å². The van der Waals surface area contributed by atoms with Gasteiger partial charge in [0.15, 0.2) is 0 Å². The van der Waals surface area contributed by atoms with Crippen molar-refractivity contribution in [1.29, 1.82) is 0 Å². The second kappa shape index (κ2) is 3.69. The Balaban J connectivity index is 2.06. The van der Waals surface area contributed by atoms with Crippen LogP contribution in [0, 0.1) is 5.41 Å². The molecular formula is C13H17NO. The number of rotatable bonds is 2. The molecule has 0 aliphatic carbocycles. The van der Waals surface area contributed by atoms with Crippen molar-refractivity contribution < 1.29 is 4.79 Å². The molecule has 0 spiro atoms. The molecule has 1 aliphatic heterocycles. The molecule has 1 aliphatic rings. The monoisotopic (exact) mass is 203 g/mol. The van der Waals surface area contributed by atoms with Crippen LogP contribution >= 0.6 is 0 Å². The Labute approximate surface area is 90.9 Å². The Hall–Kier alpha value is -1.31. The average Bonchev–Trinajstić information content (AvgIpc) is 2.47. The minimum atomic E-state index is -0.158. The van der Waals surface area contributed by atoms with Crippen LogP contribution in [0.15, 0.2) is 30.3 Å². The highest BCUT2D eigenvalue weighted by atomic mass is 16.2. The second-order valence-corrected chi connectivity index (χ2v) is 4.85. The van der Waals surface area contributed by atoms with Crippen LogP contribution in [0.25, 0.3) is 0 Å². The summed E-state index contributed by atoms with van der Waals surface area (Å²) in [5.41, 5.74) is 1.05. The molecule has 2 heteroatoms. The first-order valence-electron chi connectivity index (χ1n) is 5.43. The van der Waals surface area contributed by atoms with E-state index in [1.54, 1.807) is 0 Å². The Kier molecular flexibility index (Phi) is 2.51. The fraction of sp³-hybridized carbons (Fsp3) is 0.462. The molecular weight excluding hydrogens is 186 g/mol. The molecule has 80 valence electrons. The molecule has 1 amide bonds. The van der Waals surface area contributed by atoms with Crippen molar-refractivity contribution in [2.24, 2.45) is 5.41 Å². The molecule has 2 nitrogen and oxygen atoms in total. The lowest BCUT2D eigenvalue weighted by atomic mass is 9.92. The summed E-state index contributed by atoms with van der Waals surface area (Å²) in [6.07, 6.45) is 0.971. The number of hydrogen-bond acceptors (Lipinski definition) is 1. The number of hydrogen-bond donors (Lipinski definition) is 0. The summed E-state index contributed by atoms with van der Waals surface area (Å²) < 4.78 is 0. The number of amides is 1. The summed E-state index contributed by atoms with van der Waals surface area (Å²) in [7, 11) is 0. The fourth-order valence-corrected chi connectivity index (χ4v) is 2.01. The lowest BCUT2D eigenvalue weighted by Gasteiger charge is -2.19. The molecule has 2 rings (SSSR count). The summed E-state index contributed by atoms with van der Waals surface area (Å²) in [5, 5.41) is 0. The Bertz CT molecular complexity index is 356. The van der Waals surface area contributed by atoms with Crippen LogP contribution in [-0.2, 0) is 11.3 Å². The van der Waals surface area contributed by atoms with E-state index in [2.05, 4.69) is 12.1 Å². The minimum absolute atomic E-state index is 0.158. The maximum absolute atomic E-state index is 12.0. The highest BCUT2D eigenvalue weighted by molar-refractivity contribution is 5.83. The number of carbonyl (C=O) groups excluding carboxylic acids is 1. The molecule has 1 aromatic rings. The number of carbonyl (C=O) groups is 1. The number of benzene rings is 1. The van der Waals surface area contributed by atoms with Gasteiger partial charge in [0.25, 0.3) is 0 Å². The Morgan fingerprint density at radius 3 is 2.47 bits per heavy atom. The van der Waals surface area contributed by atoms with Gasteiger partial charge >= 0.3 is 0 Å². The van der Waals surface area contributed by atoms with Crippen molar-refractivity contribution in [2.75, 3.05) is 6.54 Å². The average molecular weight is 203 g/mol. The summed E-state index contributed by atoms with van der Waals surface area (Å²) in [5.74, 6) is 0.284. The van der Waals surface area contributed by atoms with Gasteiger partial charge in [-0.3, -0.25) is 4.79 Å². The van der Waals surface area contributed by atoms with Crippen molar-refractivity contribution in [2.45, 2.75) is 26.8 Å². The molecule has 1 heterocycles. The van der Waals surface area contributed by atoms with Crippen LogP contribution in [0.4, 0.5) is 0 Å². The van der Waals surface area contributed by atoms with Crippen LogP contribution in [0.1, 0.15) is 25.8 Å². The van der Waals surface area contributed by atoms with Gasteiger partial charge in [-0.1, -0.05) is 44.2 Å². The van der Waals surface area contributed by atoms with Crippen LogP contribution in [0.5, 0.6) is 0 Å². The zero-order valence-corrected chi connectivity index (χ0v) is 9.36. The Morgan fingerprint density at radius 1 is 1.27 bits per heavy atom. The van der Waals surface area contributed by atoms with Gasteiger partial charge in [0.1, 0.15) is 0 Å². The third-order valence-corrected chi connectivity index (χ3v) is 3.09. The van der Waals surface area contributed by atoms with Crippen molar-refractivity contribution in [3.63, 3.8) is 0 Å². The number of likely N-dealkylation sites (tertiary alicyclic amines) is 1. The SMILES string of the molecule is CC1(C)CCN(Cc2ccccc2)C1=O. The third kappa shape index (κ3) is 2.04. The molecule has 1 aromatic carbocycles. The van der Waals surface area contributed by atoms with Crippen LogP contribution < -0.4 is 0 Å². The van der Waals surface area contributed by atoms with Crippen LogP contribution in [0.2, 0.25) is 0 Å². The fourth-order valence-electron chi connectivity index (χ4n) is 2.01. The van der Waals surface area contributed by atoms with Gasteiger partial charge in [0.05, 0.1) is 0 Å². The molecule has 0 saturated carbocycles. The van der Waals surface area contributed by atoms with E-state index in [0.717, 1.165) is 19.5 Å². The van der Waals surface area contributed by atoms with E-state index in [1.165, 1.54) is 5.56 Å². The smallest absolute Gasteiger partial charge is 0.228 e. The van der Waals surface area contributed by atoms with Crippen molar-refractivity contribution in [1.82, 2.24) is 4.90 Å². The first-order valence-corrected chi connectivity index (χ1v) is 5.43. The molecule has 15 heavy (non-hydrogen) atoms. The van der Waals surface area contributed by atoms with Crippen molar-refractivity contribution in [3.05, 3.63) is 35.9 Å². The van der Waals surface area contributed by atoms with Gasteiger partial charge in [-0.05, 0) is 12.0 Å². The maximum Gasteiger partial charge on any atom is 0.228 e. The van der Waals surface area contributed by atoms with Gasteiger partial charge in [-0.2, -0.15) is 0 Å². The summed E-state index contributed by atoms with van der Waals surface area (Å²) in [6.45, 7) is 5.70. The van der Waals surface area contributed by atoms with Gasteiger partial charge < -0.3 is 4.90 Å². The first-order chi connectivity index (χ1) is 7.09.